The second-order valence-electron chi connectivity index (χ2n) is 7.05. The first kappa shape index (κ1) is 19.4. The molecule has 142 valence electrons. The van der Waals surface area contributed by atoms with Crippen molar-refractivity contribution in [1.29, 1.82) is 0 Å². The van der Waals surface area contributed by atoms with Crippen molar-refractivity contribution >= 4 is 23.4 Å². The molecule has 0 radical (unpaired) electrons. The number of benzene rings is 1. The summed E-state index contributed by atoms with van der Waals surface area (Å²) in [6.45, 7) is 3.18. The average molecular weight is 386 g/mol. The maximum atomic E-state index is 12.6. The molecule has 1 aromatic heterocycles. The van der Waals surface area contributed by atoms with Gasteiger partial charge in [-0.1, -0.05) is 23.7 Å². The van der Waals surface area contributed by atoms with Gasteiger partial charge in [-0.25, -0.2) is 0 Å². The Labute approximate surface area is 164 Å². The van der Waals surface area contributed by atoms with Gasteiger partial charge in [0.25, 0.3) is 5.91 Å². The number of nitrogens with one attached hydrogen (secondary N) is 1. The van der Waals surface area contributed by atoms with Crippen LogP contribution >= 0.6 is 11.6 Å². The van der Waals surface area contributed by atoms with Crippen LogP contribution in [0.3, 0.4) is 0 Å². The molecule has 1 saturated heterocycles. The molecule has 5 nitrogen and oxygen atoms in total. The van der Waals surface area contributed by atoms with Crippen LogP contribution in [0.25, 0.3) is 0 Å². The molecule has 1 N–H and O–H groups in total. The van der Waals surface area contributed by atoms with Crippen LogP contribution in [0, 0.1) is 5.92 Å². The van der Waals surface area contributed by atoms with Gasteiger partial charge in [0.05, 0.1) is 5.56 Å². The number of halogens is 1. The maximum absolute atomic E-state index is 12.6. The molecule has 1 atom stereocenters. The Morgan fingerprint density at radius 2 is 2.04 bits per heavy atom. The Morgan fingerprint density at radius 1 is 1.26 bits per heavy atom. The van der Waals surface area contributed by atoms with E-state index in [9.17, 15) is 9.59 Å². The molecule has 1 fully saturated rings. The minimum Gasteiger partial charge on any atom is -0.353 e. The molecule has 0 spiro atoms. The molecule has 2 aromatic rings. The minimum absolute atomic E-state index is 0.0173. The summed E-state index contributed by atoms with van der Waals surface area (Å²) in [4.78, 5) is 30.8. The number of hydrogen-bond donors (Lipinski definition) is 1. The van der Waals surface area contributed by atoms with Gasteiger partial charge in [0.2, 0.25) is 5.91 Å². The van der Waals surface area contributed by atoms with Crippen molar-refractivity contribution in [3.8, 4) is 0 Å². The summed E-state index contributed by atoms with van der Waals surface area (Å²) in [6.07, 6.45) is 5.34. The lowest BCUT2D eigenvalue weighted by atomic mass is 9.95. The Bertz CT molecular complexity index is 789. The van der Waals surface area contributed by atoms with Gasteiger partial charge in [-0.2, -0.15) is 0 Å². The largest absolute Gasteiger partial charge is 0.353 e. The van der Waals surface area contributed by atoms with Crippen molar-refractivity contribution in [2.75, 3.05) is 13.1 Å². The van der Waals surface area contributed by atoms with Gasteiger partial charge in [0.1, 0.15) is 0 Å². The molecule has 0 saturated carbocycles. The van der Waals surface area contributed by atoms with Gasteiger partial charge >= 0.3 is 0 Å². The quantitative estimate of drug-likeness (QED) is 0.858. The molecule has 6 heteroatoms. The molecular formula is C21H24ClN3O2. The monoisotopic (exact) mass is 385 g/mol. The molecule has 2 amide bonds. The number of pyridine rings is 1. The molecule has 1 aliphatic rings. The molecule has 0 aliphatic carbocycles. The van der Waals surface area contributed by atoms with Crippen LogP contribution in [0.5, 0.6) is 0 Å². The van der Waals surface area contributed by atoms with E-state index in [1.165, 1.54) is 0 Å². The van der Waals surface area contributed by atoms with E-state index >= 15 is 0 Å². The highest BCUT2D eigenvalue weighted by Gasteiger charge is 2.28. The number of amides is 2. The van der Waals surface area contributed by atoms with Gasteiger partial charge in [0, 0.05) is 42.5 Å². The molecule has 1 aromatic carbocycles. The van der Waals surface area contributed by atoms with Crippen LogP contribution in [-0.2, 0) is 11.2 Å². The highest BCUT2D eigenvalue weighted by molar-refractivity contribution is 6.30. The first-order valence-corrected chi connectivity index (χ1v) is 9.65. The summed E-state index contributed by atoms with van der Waals surface area (Å²) in [6, 6.07) is 11.3. The zero-order valence-electron chi connectivity index (χ0n) is 15.4. The number of aromatic nitrogens is 1. The SMILES string of the molecule is CC(Cc1cccc(Cl)c1)NC(=O)C1CCN(C(=O)c2cccnc2)CC1. The van der Waals surface area contributed by atoms with Crippen molar-refractivity contribution in [2.45, 2.75) is 32.2 Å². The van der Waals surface area contributed by atoms with Gasteiger partial charge < -0.3 is 10.2 Å². The standard InChI is InChI=1S/C21H24ClN3O2/c1-15(12-16-4-2-6-19(22)13-16)24-20(26)17-7-10-25(11-8-17)21(27)18-5-3-9-23-14-18/h2-6,9,13-15,17H,7-8,10-12H2,1H3,(H,24,26). The third kappa shape index (κ3) is 5.30. The fourth-order valence-corrected chi connectivity index (χ4v) is 3.66. The normalized spacial score (nSPS) is 16.0. The number of piperidine rings is 1. The third-order valence-corrected chi connectivity index (χ3v) is 5.12. The van der Waals surface area contributed by atoms with Gasteiger partial charge in [0.15, 0.2) is 0 Å². The smallest absolute Gasteiger partial charge is 0.255 e. The van der Waals surface area contributed by atoms with Gasteiger partial charge in [-0.15, -0.1) is 0 Å². The third-order valence-electron chi connectivity index (χ3n) is 4.88. The number of hydrogen-bond acceptors (Lipinski definition) is 3. The number of carbonyl (C=O) groups is 2. The summed E-state index contributed by atoms with van der Waals surface area (Å²) in [7, 11) is 0. The topological polar surface area (TPSA) is 62.3 Å². The highest BCUT2D eigenvalue weighted by atomic mass is 35.5. The van der Waals surface area contributed by atoms with E-state index in [-0.39, 0.29) is 23.8 Å². The van der Waals surface area contributed by atoms with Crippen LogP contribution in [0.2, 0.25) is 5.02 Å². The summed E-state index contributed by atoms with van der Waals surface area (Å²) >= 11 is 6.02. The fourth-order valence-electron chi connectivity index (χ4n) is 3.45. The number of nitrogens with zero attached hydrogens (tertiary/aromatic N) is 2. The second-order valence-corrected chi connectivity index (χ2v) is 7.49. The van der Waals surface area contributed by atoms with Crippen LogP contribution in [0.4, 0.5) is 0 Å². The predicted molar refractivity (Wildman–Crippen MR) is 106 cm³/mol. The van der Waals surface area contributed by atoms with E-state index in [1.807, 2.05) is 31.2 Å². The fraction of sp³-hybridized carbons (Fsp3) is 0.381. The van der Waals surface area contributed by atoms with E-state index in [1.54, 1.807) is 29.4 Å². The van der Waals surface area contributed by atoms with Crippen LogP contribution in [-0.4, -0.2) is 40.8 Å². The van der Waals surface area contributed by atoms with E-state index < -0.39 is 0 Å². The van der Waals surface area contributed by atoms with E-state index in [0.29, 0.717) is 36.5 Å². The molecule has 1 aliphatic heterocycles. The first-order chi connectivity index (χ1) is 13.0. The predicted octanol–water partition coefficient (Wildman–Crippen LogP) is 3.33. The Morgan fingerprint density at radius 3 is 2.70 bits per heavy atom. The van der Waals surface area contributed by atoms with Crippen molar-refractivity contribution in [1.82, 2.24) is 15.2 Å². The lowest BCUT2D eigenvalue weighted by molar-refractivity contribution is -0.126. The van der Waals surface area contributed by atoms with Crippen LogP contribution in [0.1, 0.15) is 35.7 Å². The van der Waals surface area contributed by atoms with Crippen LogP contribution in [0.15, 0.2) is 48.8 Å². The lowest BCUT2D eigenvalue weighted by Crippen LogP contribution is -2.45. The number of carbonyl (C=O) groups excluding carboxylic acids is 2. The van der Waals surface area contributed by atoms with Crippen LogP contribution < -0.4 is 5.32 Å². The number of rotatable bonds is 5. The average Bonchev–Trinajstić information content (AvgIpc) is 2.68. The molecule has 3 rings (SSSR count). The summed E-state index contributed by atoms with van der Waals surface area (Å²) in [5.74, 6) is -0.000882. The van der Waals surface area contributed by atoms with E-state index in [4.69, 9.17) is 11.6 Å². The van der Waals surface area contributed by atoms with Crippen molar-refractivity contribution < 1.29 is 9.59 Å². The zero-order valence-corrected chi connectivity index (χ0v) is 16.2. The maximum Gasteiger partial charge on any atom is 0.255 e. The Hall–Kier alpha value is -2.40. The zero-order chi connectivity index (χ0) is 19.2. The van der Waals surface area contributed by atoms with Crippen molar-refractivity contribution in [3.05, 3.63) is 64.9 Å². The molecule has 1 unspecified atom stereocenters. The van der Waals surface area contributed by atoms with Crippen molar-refractivity contribution in [3.63, 3.8) is 0 Å². The summed E-state index contributed by atoms with van der Waals surface area (Å²) in [5, 5.41) is 3.80. The highest BCUT2D eigenvalue weighted by Crippen LogP contribution is 2.20. The van der Waals surface area contributed by atoms with Gasteiger partial charge in [-0.05, 0) is 56.0 Å². The lowest BCUT2D eigenvalue weighted by Gasteiger charge is -2.32. The molecule has 2 heterocycles. The number of likely N-dealkylation sites (tertiary alicyclic amines) is 1. The molecule has 27 heavy (non-hydrogen) atoms. The van der Waals surface area contributed by atoms with E-state index in [2.05, 4.69) is 10.3 Å². The first-order valence-electron chi connectivity index (χ1n) is 9.27. The molecular weight excluding hydrogens is 362 g/mol. The van der Waals surface area contributed by atoms with Crippen molar-refractivity contribution in [2.24, 2.45) is 5.92 Å². The van der Waals surface area contributed by atoms with E-state index in [0.717, 1.165) is 12.0 Å². The Balaban J connectivity index is 1.47. The Kier molecular flexibility index (Phi) is 6.45. The minimum atomic E-state index is -0.0511. The molecule has 0 bridgehead atoms. The van der Waals surface area contributed by atoms with Gasteiger partial charge in [-0.3, -0.25) is 14.6 Å². The second kappa shape index (κ2) is 9.00. The summed E-state index contributed by atoms with van der Waals surface area (Å²) < 4.78 is 0. The summed E-state index contributed by atoms with van der Waals surface area (Å²) in [5.41, 5.74) is 1.70.